The minimum atomic E-state index is -0.926. The fourth-order valence-electron chi connectivity index (χ4n) is 5.84. The molecule has 0 aliphatic heterocycles. The lowest BCUT2D eigenvalue weighted by Crippen LogP contribution is -2.47. The predicted octanol–water partition coefficient (Wildman–Crippen LogP) is 4.31. The molecule has 2 heterocycles. The van der Waals surface area contributed by atoms with Crippen LogP contribution in [0.15, 0.2) is 58.3 Å². The van der Waals surface area contributed by atoms with Gasteiger partial charge in [-0.2, -0.15) is 0 Å². The minimum Gasteiger partial charge on any atom is -0.467 e. The van der Waals surface area contributed by atoms with E-state index < -0.39 is 23.3 Å². The fraction of sp³-hybridized carbons (Fsp3) is 0.393. The standard InChI is InChI=1S/C28H31N3O4/c1-18-10-9-15-23-24(18)20(16-29(23)2)17-30-22-14-8-7-13-21(22)26(32)31(28(30)34)25(27(33)35-3)19-11-5-4-6-12-19/h7-10,13-16,19,25H,4-6,11-12,17H2,1-3H3/t25-/m1/s1. The van der Waals surface area contributed by atoms with Crippen LogP contribution in [-0.4, -0.2) is 26.8 Å². The van der Waals surface area contributed by atoms with Gasteiger partial charge >= 0.3 is 11.7 Å². The molecule has 5 rings (SSSR count). The summed E-state index contributed by atoms with van der Waals surface area (Å²) in [7, 11) is 3.31. The average molecular weight is 474 g/mol. The van der Waals surface area contributed by atoms with Crippen LogP contribution in [-0.2, 0) is 23.1 Å². The van der Waals surface area contributed by atoms with Gasteiger partial charge in [-0.3, -0.25) is 9.36 Å². The van der Waals surface area contributed by atoms with Crippen LogP contribution in [0.3, 0.4) is 0 Å². The maximum absolute atomic E-state index is 14.1. The van der Waals surface area contributed by atoms with Gasteiger partial charge in [0.05, 0.1) is 24.6 Å². The molecular formula is C28H31N3O4. The number of rotatable bonds is 5. The molecule has 0 spiro atoms. The Kier molecular flexibility index (Phi) is 6.09. The number of aromatic nitrogens is 3. The second-order valence-corrected chi connectivity index (χ2v) is 9.66. The molecule has 1 aliphatic rings. The second kappa shape index (κ2) is 9.21. The van der Waals surface area contributed by atoms with Crippen LogP contribution >= 0.6 is 0 Å². The van der Waals surface area contributed by atoms with Gasteiger partial charge in [0.15, 0.2) is 0 Å². The van der Waals surface area contributed by atoms with Crippen LogP contribution < -0.4 is 11.2 Å². The summed E-state index contributed by atoms with van der Waals surface area (Å²) in [4.78, 5) is 40.7. The average Bonchev–Trinajstić information content (AvgIpc) is 3.20. The first-order valence-electron chi connectivity index (χ1n) is 12.3. The molecule has 0 bridgehead atoms. The topological polar surface area (TPSA) is 75.2 Å². The largest absolute Gasteiger partial charge is 0.467 e. The smallest absolute Gasteiger partial charge is 0.332 e. The number of methoxy groups -OCH3 is 1. The zero-order valence-corrected chi connectivity index (χ0v) is 20.5. The summed E-state index contributed by atoms with van der Waals surface area (Å²) in [6.07, 6.45) is 6.67. The zero-order valence-electron chi connectivity index (χ0n) is 20.5. The monoisotopic (exact) mass is 473 g/mol. The van der Waals surface area contributed by atoms with Gasteiger partial charge in [-0.05, 0) is 55.0 Å². The van der Waals surface area contributed by atoms with E-state index in [4.69, 9.17) is 4.74 Å². The van der Waals surface area contributed by atoms with Crippen molar-refractivity contribution in [3.63, 3.8) is 0 Å². The highest BCUT2D eigenvalue weighted by Crippen LogP contribution is 2.33. The summed E-state index contributed by atoms with van der Waals surface area (Å²) in [5.74, 6) is -0.630. The molecule has 0 amide bonds. The Hall–Kier alpha value is -3.61. The molecule has 1 fully saturated rings. The Morgan fingerprint density at radius 1 is 1.03 bits per heavy atom. The third-order valence-corrected chi connectivity index (χ3v) is 7.53. The number of aryl methyl sites for hydroxylation is 2. The van der Waals surface area contributed by atoms with Gasteiger partial charge in [-0.25, -0.2) is 14.2 Å². The van der Waals surface area contributed by atoms with Gasteiger partial charge in [0.1, 0.15) is 6.04 Å². The van der Waals surface area contributed by atoms with E-state index in [9.17, 15) is 14.4 Å². The van der Waals surface area contributed by atoms with Crippen molar-refractivity contribution in [2.75, 3.05) is 7.11 Å². The maximum atomic E-state index is 14.1. The predicted molar refractivity (Wildman–Crippen MR) is 137 cm³/mol. The highest BCUT2D eigenvalue weighted by molar-refractivity contribution is 5.87. The first-order chi connectivity index (χ1) is 16.9. The Labute approximate surface area is 203 Å². The van der Waals surface area contributed by atoms with E-state index in [1.165, 1.54) is 11.7 Å². The number of hydrogen-bond donors (Lipinski definition) is 0. The van der Waals surface area contributed by atoms with Crippen molar-refractivity contribution in [3.05, 3.63) is 80.6 Å². The molecule has 1 aliphatic carbocycles. The van der Waals surface area contributed by atoms with Gasteiger partial charge in [0, 0.05) is 24.1 Å². The number of esters is 1. The van der Waals surface area contributed by atoms with Crippen molar-refractivity contribution in [1.82, 2.24) is 13.7 Å². The number of fused-ring (bicyclic) bond motifs is 2. The summed E-state index contributed by atoms with van der Waals surface area (Å²) in [5, 5.41) is 1.52. The molecule has 0 radical (unpaired) electrons. The summed E-state index contributed by atoms with van der Waals surface area (Å²) >= 11 is 0. The van der Waals surface area contributed by atoms with E-state index >= 15 is 0 Å². The van der Waals surface area contributed by atoms with Crippen molar-refractivity contribution < 1.29 is 9.53 Å². The van der Waals surface area contributed by atoms with Gasteiger partial charge in [0.2, 0.25) is 0 Å². The third kappa shape index (κ3) is 3.89. The Balaban J connectivity index is 1.76. The molecule has 7 nitrogen and oxygen atoms in total. The quantitative estimate of drug-likeness (QED) is 0.405. The Morgan fingerprint density at radius 3 is 2.49 bits per heavy atom. The number of carbonyl (C=O) groups excluding carboxylic acids is 1. The Morgan fingerprint density at radius 2 is 1.74 bits per heavy atom. The minimum absolute atomic E-state index is 0.101. The van der Waals surface area contributed by atoms with E-state index in [1.807, 2.05) is 25.4 Å². The van der Waals surface area contributed by atoms with Crippen LogP contribution in [0.1, 0.15) is 49.3 Å². The van der Waals surface area contributed by atoms with Crippen molar-refractivity contribution in [1.29, 1.82) is 0 Å². The van der Waals surface area contributed by atoms with Gasteiger partial charge < -0.3 is 9.30 Å². The molecule has 2 aromatic heterocycles. The van der Waals surface area contributed by atoms with E-state index in [-0.39, 0.29) is 5.92 Å². The number of carbonyl (C=O) groups is 1. The highest BCUT2D eigenvalue weighted by atomic mass is 16.5. The Bertz CT molecular complexity index is 1540. The first kappa shape index (κ1) is 23.1. The van der Waals surface area contributed by atoms with E-state index in [0.29, 0.717) is 17.4 Å². The van der Waals surface area contributed by atoms with Crippen molar-refractivity contribution >= 4 is 27.8 Å². The first-order valence-corrected chi connectivity index (χ1v) is 12.3. The van der Waals surface area contributed by atoms with Crippen molar-refractivity contribution in [3.8, 4) is 0 Å². The summed E-state index contributed by atoms with van der Waals surface area (Å²) in [6, 6.07) is 12.4. The maximum Gasteiger partial charge on any atom is 0.332 e. The van der Waals surface area contributed by atoms with Crippen LogP contribution in [0.2, 0.25) is 0 Å². The van der Waals surface area contributed by atoms with E-state index in [2.05, 4.69) is 23.6 Å². The molecule has 0 N–H and O–H groups in total. The van der Waals surface area contributed by atoms with E-state index in [0.717, 1.165) is 54.1 Å². The second-order valence-electron chi connectivity index (χ2n) is 9.66. The van der Waals surface area contributed by atoms with Gasteiger partial charge in [-0.1, -0.05) is 43.5 Å². The zero-order chi connectivity index (χ0) is 24.7. The summed E-state index contributed by atoms with van der Waals surface area (Å²) < 4.78 is 9.99. The van der Waals surface area contributed by atoms with Crippen LogP contribution in [0.5, 0.6) is 0 Å². The molecule has 0 saturated heterocycles. The molecule has 1 atom stereocenters. The summed E-state index contributed by atoms with van der Waals surface area (Å²) in [5.41, 5.74) is 2.86. The molecule has 182 valence electrons. The van der Waals surface area contributed by atoms with Crippen molar-refractivity contribution in [2.45, 2.75) is 51.6 Å². The number of benzene rings is 2. The molecule has 4 aromatic rings. The molecule has 1 saturated carbocycles. The molecular weight excluding hydrogens is 442 g/mol. The fourth-order valence-corrected chi connectivity index (χ4v) is 5.84. The lowest BCUT2D eigenvalue weighted by atomic mass is 9.83. The summed E-state index contributed by atoms with van der Waals surface area (Å²) in [6.45, 7) is 2.35. The molecule has 7 heteroatoms. The van der Waals surface area contributed by atoms with Gasteiger partial charge in [-0.15, -0.1) is 0 Å². The van der Waals surface area contributed by atoms with Crippen LogP contribution in [0, 0.1) is 12.8 Å². The molecule has 2 aromatic carbocycles. The van der Waals surface area contributed by atoms with Crippen LogP contribution in [0.25, 0.3) is 21.8 Å². The normalized spacial score (nSPS) is 15.5. The SMILES string of the molecule is COC(=O)[C@@H](C1CCCCC1)n1c(=O)c2ccccc2n(Cc2cn(C)c3cccc(C)c23)c1=O. The lowest BCUT2D eigenvalue weighted by Gasteiger charge is -2.29. The third-order valence-electron chi connectivity index (χ3n) is 7.53. The number of para-hydroxylation sites is 1. The molecule has 0 unspecified atom stereocenters. The number of ether oxygens (including phenoxy) is 1. The highest BCUT2D eigenvalue weighted by Gasteiger charge is 2.35. The molecule has 35 heavy (non-hydrogen) atoms. The lowest BCUT2D eigenvalue weighted by molar-refractivity contribution is -0.147. The van der Waals surface area contributed by atoms with Crippen LogP contribution in [0.4, 0.5) is 0 Å². The number of hydrogen-bond acceptors (Lipinski definition) is 4. The van der Waals surface area contributed by atoms with Crippen molar-refractivity contribution in [2.24, 2.45) is 13.0 Å². The number of nitrogens with zero attached hydrogens (tertiary/aromatic N) is 3. The van der Waals surface area contributed by atoms with E-state index in [1.54, 1.807) is 22.8 Å². The van der Waals surface area contributed by atoms with Gasteiger partial charge in [0.25, 0.3) is 5.56 Å².